The maximum Gasteiger partial charge on any atom is 0.135 e. The molecule has 5 heteroatoms. The van der Waals surface area contributed by atoms with Crippen molar-refractivity contribution in [2.75, 3.05) is 31.8 Å². The van der Waals surface area contributed by atoms with Gasteiger partial charge in [0, 0.05) is 21.3 Å². The number of thioether (sulfide) groups is 2. The molecule has 0 bridgehead atoms. The summed E-state index contributed by atoms with van der Waals surface area (Å²) in [4.78, 5) is 2.47. The van der Waals surface area contributed by atoms with E-state index in [4.69, 9.17) is 9.47 Å². The Morgan fingerprint density at radius 2 is 2.12 bits per heavy atom. The highest BCUT2D eigenvalue weighted by atomic mass is 32.2. The van der Waals surface area contributed by atoms with Gasteiger partial charge in [-0.25, -0.2) is 0 Å². The first kappa shape index (κ1) is 19.5. The molecule has 0 saturated heterocycles. The molecule has 0 aromatic heterocycles. The number of hydrogen-bond acceptors (Lipinski definition) is 5. The predicted molar refractivity (Wildman–Crippen MR) is 112 cm³/mol. The van der Waals surface area contributed by atoms with E-state index in [-0.39, 0.29) is 0 Å². The van der Waals surface area contributed by atoms with Crippen LogP contribution >= 0.6 is 23.5 Å². The number of fused-ring (bicyclic) bond motifs is 1. The molecule has 26 heavy (non-hydrogen) atoms. The van der Waals surface area contributed by atoms with Crippen LogP contribution in [0.4, 0.5) is 0 Å². The summed E-state index contributed by atoms with van der Waals surface area (Å²) in [5.41, 5.74) is 1.19. The molecule has 2 aromatic carbocycles. The molecule has 1 heterocycles. The van der Waals surface area contributed by atoms with E-state index in [1.807, 2.05) is 29.6 Å². The lowest BCUT2D eigenvalue weighted by Crippen LogP contribution is -2.39. The molecule has 0 saturated carbocycles. The number of benzene rings is 2. The van der Waals surface area contributed by atoms with Gasteiger partial charge in [0.05, 0.1) is 13.2 Å². The van der Waals surface area contributed by atoms with E-state index in [0.29, 0.717) is 12.0 Å². The Bertz CT molecular complexity index is 696. The van der Waals surface area contributed by atoms with Gasteiger partial charge in [-0.05, 0) is 43.1 Å². The van der Waals surface area contributed by atoms with Crippen molar-refractivity contribution in [1.82, 2.24) is 5.32 Å². The third-order valence-electron chi connectivity index (χ3n) is 4.39. The number of nitrogens with one attached hydrogen (secondary N) is 1. The fraction of sp³-hybridized carbons (Fsp3) is 0.429. The van der Waals surface area contributed by atoms with Gasteiger partial charge in [0.25, 0.3) is 0 Å². The summed E-state index contributed by atoms with van der Waals surface area (Å²) >= 11 is 3.75. The normalized spacial score (nSPS) is 17.7. The van der Waals surface area contributed by atoms with Crippen LogP contribution < -0.4 is 14.8 Å². The molecule has 3 nitrogen and oxygen atoms in total. The van der Waals surface area contributed by atoms with Crippen molar-refractivity contribution in [1.29, 1.82) is 0 Å². The summed E-state index contributed by atoms with van der Waals surface area (Å²) in [6.45, 7) is 6.11. The number of para-hydroxylation sites is 2. The maximum absolute atomic E-state index is 5.96. The topological polar surface area (TPSA) is 30.5 Å². The standard InChI is InChI=1S/C21H27NO2S2/c1-15(13-25-20-10-6-7-16(2)21(20)23-3)11-22-17-12-24-18-8-4-5-9-19(18)26-14-17/h4-10,15,17,22H,11-14H2,1-3H3/t15-,17+/m0/s1. The van der Waals surface area contributed by atoms with Crippen LogP contribution in [0.5, 0.6) is 11.5 Å². The van der Waals surface area contributed by atoms with Gasteiger partial charge < -0.3 is 14.8 Å². The van der Waals surface area contributed by atoms with Crippen molar-refractivity contribution < 1.29 is 9.47 Å². The van der Waals surface area contributed by atoms with E-state index in [1.165, 1.54) is 15.4 Å². The van der Waals surface area contributed by atoms with Gasteiger partial charge in [-0.15, -0.1) is 23.5 Å². The van der Waals surface area contributed by atoms with Crippen molar-refractivity contribution in [3.05, 3.63) is 48.0 Å². The molecule has 0 amide bonds. The van der Waals surface area contributed by atoms with Crippen molar-refractivity contribution in [3.8, 4) is 11.5 Å². The minimum absolute atomic E-state index is 0.383. The molecule has 1 N–H and O–H groups in total. The molecule has 0 unspecified atom stereocenters. The third-order valence-corrected chi connectivity index (χ3v) is 6.97. The molecule has 1 aliphatic heterocycles. The molecule has 1 aliphatic rings. The zero-order valence-electron chi connectivity index (χ0n) is 15.7. The molecule has 2 atom stereocenters. The molecular weight excluding hydrogens is 362 g/mol. The number of hydrogen-bond donors (Lipinski definition) is 1. The van der Waals surface area contributed by atoms with Gasteiger partial charge in [0.15, 0.2) is 0 Å². The second kappa shape index (κ2) is 9.58. The lowest BCUT2D eigenvalue weighted by Gasteiger charge is -2.19. The van der Waals surface area contributed by atoms with Crippen molar-refractivity contribution in [2.24, 2.45) is 5.92 Å². The molecule has 0 spiro atoms. The minimum atomic E-state index is 0.383. The van der Waals surface area contributed by atoms with Crippen LogP contribution in [0.3, 0.4) is 0 Å². The molecule has 3 rings (SSSR count). The second-order valence-electron chi connectivity index (χ2n) is 6.70. The fourth-order valence-corrected chi connectivity index (χ4v) is 5.07. The molecule has 140 valence electrons. The molecule has 0 fully saturated rings. The first-order valence-electron chi connectivity index (χ1n) is 9.01. The van der Waals surface area contributed by atoms with Crippen LogP contribution in [0.2, 0.25) is 0 Å². The van der Waals surface area contributed by atoms with Crippen LogP contribution in [-0.4, -0.2) is 37.8 Å². The number of aryl methyl sites for hydroxylation is 1. The Morgan fingerprint density at radius 1 is 1.27 bits per heavy atom. The first-order valence-corrected chi connectivity index (χ1v) is 11.0. The number of rotatable bonds is 7. The largest absolute Gasteiger partial charge is 0.495 e. The van der Waals surface area contributed by atoms with Gasteiger partial charge in [-0.3, -0.25) is 0 Å². The van der Waals surface area contributed by atoms with Crippen LogP contribution in [-0.2, 0) is 0 Å². The average molecular weight is 390 g/mol. The molecule has 0 aliphatic carbocycles. The Hall–Kier alpha value is -1.30. The summed E-state index contributed by atoms with van der Waals surface area (Å²) in [7, 11) is 1.75. The highest BCUT2D eigenvalue weighted by molar-refractivity contribution is 7.99. The highest BCUT2D eigenvalue weighted by Gasteiger charge is 2.18. The summed E-state index contributed by atoms with van der Waals surface area (Å²) in [5, 5.41) is 3.68. The summed E-state index contributed by atoms with van der Waals surface area (Å²) < 4.78 is 11.5. The van der Waals surface area contributed by atoms with Crippen molar-refractivity contribution in [3.63, 3.8) is 0 Å². The number of ether oxygens (including phenoxy) is 2. The zero-order chi connectivity index (χ0) is 18.4. The van der Waals surface area contributed by atoms with Crippen LogP contribution in [0.15, 0.2) is 52.3 Å². The van der Waals surface area contributed by atoms with Gasteiger partial charge in [0.2, 0.25) is 0 Å². The fourth-order valence-electron chi connectivity index (χ4n) is 2.89. The summed E-state index contributed by atoms with van der Waals surface area (Å²) in [6.07, 6.45) is 0. The average Bonchev–Trinajstić information content (AvgIpc) is 2.87. The first-order chi connectivity index (χ1) is 12.7. The van der Waals surface area contributed by atoms with E-state index in [2.05, 4.69) is 55.6 Å². The van der Waals surface area contributed by atoms with Gasteiger partial charge in [-0.2, -0.15) is 0 Å². The summed E-state index contributed by atoms with van der Waals surface area (Å²) in [5.74, 6) is 4.69. The van der Waals surface area contributed by atoms with Crippen LogP contribution in [0.25, 0.3) is 0 Å². The lowest BCUT2D eigenvalue weighted by molar-refractivity contribution is 0.270. The van der Waals surface area contributed by atoms with Crippen LogP contribution in [0, 0.1) is 12.8 Å². The van der Waals surface area contributed by atoms with Gasteiger partial charge >= 0.3 is 0 Å². The Kier molecular flexibility index (Phi) is 7.17. The Balaban J connectivity index is 1.45. The maximum atomic E-state index is 5.96. The van der Waals surface area contributed by atoms with Crippen LogP contribution in [0.1, 0.15) is 12.5 Å². The number of methoxy groups -OCH3 is 1. The lowest BCUT2D eigenvalue weighted by atomic mass is 10.2. The van der Waals surface area contributed by atoms with Crippen molar-refractivity contribution >= 4 is 23.5 Å². The minimum Gasteiger partial charge on any atom is -0.495 e. The molecule has 2 aromatic rings. The summed E-state index contributed by atoms with van der Waals surface area (Å²) in [6, 6.07) is 15.0. The Morgan fingerprint density at radius 3 is 2.96 bits per heavy atom. The molecule has 0 radical (unpaired) electrons. The smallest absolute Gasteiger partial charge is 0.135 e. The quantitative estimate of drug-likeness (QED) is 0.682. The highest BCUT2D eigenvalue weighted by Crippen LogP contribution is 2.33. The monoisotopic (exact) mass is 389 g/mol. The zero-order valence-corrected chi connectivity index (χ0v) is 17.3. The van der Waals surface area contributed by atoms with Gasteiger partial charge in [0.1, 0.15) is 18.1 Å². The Labute approximate surface area is 165 Å². The van der Waals surface area contributed by atoms with Gasteiger partial charge in [-0.1, -0.05) is 31.2 Å². The third kappa shape index (κ3) is 5.12. The van der Waals surface area contributed by atoms with E-state index in [1.54, 1.807) is 7.11 Å². The van der Waals surface area contributed by atoms with E-state index >= 15 is 0 Å². The van der Waals surface area contributed by atoms with E-state index in [9.17, 15) is 0 Å². The molecular formula is C21H27NO2S2. The predicted octanol–water partition coefficient (Wildman–Crippen LogP) is 4.87. The SMILES string of the molecule is COc1c(C)cccc1SC[C@@H](C)CN[C@@H]1COc2ccccc2SC1. The van der Waals surface area contributed by atoms with E-state index < -0.39 is 0 Å². The second-order valence-corrected chi connectivity index (χ2v) is 8.82. The van der Waals surface area contributed by atoms with Crippen molar-refractivity contribution in [2.45, 2.75) is 29.7 Å². The van der Waals surface area contributed by atoms with E-state index in [0.717, 1.165) is 36.2 Å².